The summed E-state index contributed by atoms with van der Waals surface area (Å²) in [5, 5.41) is 12.2. The Balaban J connectivity index is 2.79. The smallest absolute Gasteiger partial charge is 0.334 e. The second kappa shape index (κ2) is 7.59. The van der Waals surface area contributed by atoms with Crippen LogP contribution in [0.5, 0.6) is 0 Å². The highest BCUT2D eigenvalue weighted by atomic mass is 16.6. The van der Waals surface area contributed by atoms with Crippen molar-refractivity contribution < 1.29 is 29.0 Å². The second-order valence-electron chi connectivity index (χ2n) is 6.47. The molecule has 0 aromatic carbocycles. The predicted octanol–water partition coefficient (Wildman–Crippen LogP) is 0.703. The number of hydrogen-bond donors (Lipinski definition) is 2. The van der Waals surface area contributed by atoms with E-state index in [-0.39, 0.29) is 12.0 Å². The molecule has 1 rings (SSSR count). The lowest BCUT2D eigenvalue weighted by Gasteiger charge is -2.25. The number of rotatable bonds is 5. The molecule has 0 radical (unpaired) electrons. The molecule has 0 aliphatic heterocycles. The summed E-state index contributed by atoms with van der Waals surface area (Å²) in [5.74, 6) is -2.53. The normalized spacial score (nSPS) is 22.1. The van der Waals surface area contributed by atoms with Crippen LogP contribution in [0.2, 0.25) is 0 Å². The topological polar surface area (TPSA) is 102 Å². The van der Waals surface area contributed by atoms with Gasteiger partial charge < -0.3 is 19.9 Å². The van der Waals surface area contributed by atoms with E-state index in [0.717, 1.165) is 0 Å². The average Bonchev–Trinajstić information content (AvgIpc) is 2.83. The molecule has 7 heteroatoms. The summed E-state index contributed by atoms with van der Waals surface area (Å²) in [4.78, 5) is 36.1. The first kappa shape index (κ1) is 19.2. The Kier molecular flexibility index (Phi) is 6.32. The van der Waals surface area contributed by atoms with Crippen LogP contribution in [0.1, 0.15) is 40.5 Å². The van der Waals surface area contributed by atoms with Gasteiger partial charge in [0.05, 0.1) is 19.1 Å². The Bertz CT molecular complexity index is 505. The summed E-state index contributed by atoms with van der Waals surface area (Å²) in [6.45, 7) is 6.97. The second-order valence-corrected chi connectivity index (χ2v) is 6.47. The number of aliphatic hydroxyl groups is 1. The van der Waals surface area contributed by atoms with Gasteiger partial charge in [-0.1, -0.05) is 6.92 Å². The van der Waals surface area contributed by atoms with Crippen molar-refractivity contribution in [1.29, 1.82) is 0 Å². The molecule has 1 amide bonds. The fourth-order valence-corrected chi connectivity index (χ4v) is 2.31. The monoisotopic (exact) mass is 327 g/mol. The maximum atomic E-state index is 12.4. The molecule has 0 aromatic heterocycles. The summed E-state index contributed by atoms with van der Waals surface area (Å²) in [7, 11) is 1.21. The van der Waals surface area contributed by atoms with Gasteiger partial charge in [0.1, 0.15) is 11.6 Å². The molecule has 0 aromatic rings. The molecule has 0 heterocycles. The van der Waals surface area contributed by atoms with Crippen molar-refractivity contribution in [2.45, 2.75) is 58.3 Å². The lowest BCUT2D eigenvalue weighted by molar-refractivity contribution is -0.158. The van der Waals surface area contributed by atoms with Gasteiger partial charge in [-0.25, -0.2) is 9.59 Å². The van der Waals surface area contributed by atoms with Crippen LogP contribution >= 0.6 is 0 Å². The Labute approximate surface area is 136 Å². The van der Waals surface area contributed by atoms with Gasteiger partial charge in [-0.2, -0.15) is 0 Å². The molecule has 1 aliphatic rings. The highest BCUT2D eigenvalue weighted by molar-refractivity contribution is 5.99. The van der Waals surface area contributed by atoms with Crippen molar-refractivity contribution in [3.63, 3.8) is 0 Å². The van der Waals surface area contributed by atoms with Gasteiger partial charge in [0.25, 0.3) is 0 Å². The van der Waals surface area contributed by atoms with Crippen molar-refractivity contribution >= 4 is 17.8 Å². The summed E-state index contributed by atoms with van der Waals surface area (Å²) in [5.41, 5.74) is -0.549. The van der Waals surface area contributed by atoms with Crippen LogP contribution in [0, 0.1) is 5.92 Å². The first-order valence-electron chi connectivity index (χ1n) is 7.60. The third-order valence-corrected chi connectivity index (χ3v) is 3.38. The molecule has 23 heavy (non-hydrogen) atoms. The first-order valence-corrected chi connectivity index (χ1v) is 7.60. The van der Waals surface area contributed by atoms with Gasteiger partial charge in [0.2, 0.25) is 5.91 Å². The minimum atomic E-state index is -0.888. The van der Waals surface area contributed by atoms with E-state index in [1.807, 2.05) is 0 Å². The summed E-state index contributed by atoms with van der Waals surface area (Å²) in [6.07, 6.45) is 0.861. The van der Waals surface area contributed by atoms with Crippen LogP contribution in [0.4, 0.5) is 0 Å². The highest BCUT2D eigenvalue weighted by Gasteiger charge is 2.37. The molecular formula is C16H25NO6. The number of carbonyl (C=O) groups is 3. The van der Waals surface area contributed by atoms with E-state index < -0.39 is 41.5 Å². The number of carbonyl (C=O) groups excluding carboxylic acids is 3. The molecule has 2 N–H and O–H groups in total. The van der Waals surface area contributed by atoms with Crippen LogP contribution in [0.25, 0.3) is 0 Å². The summed E-state index contributed by atoms with van der Waals surface area (Å²) >= 11 is 0. The lowest BCUT2D eigenvalue weighted by Crippen LogP contribution is -2.46. The first-order chi connectivity index (χ1) is 10.6. The summed E-state index contributed by atoms with van der Waals surface area (Å²) < 4.78 is 9.88. The molecule has 130 valence electrons. The van der Waals surface area contributed by atoms with E-state index in [9.17, 15) is 19.5 Å². The van der Waals surface area contributed by atoms with Gasteiger partial charge in [0.15, 0.2) is 0 Å². The van der Waals surface area contributed by atoms with Crippen LogP contribution < -0.4 is 5.32 Å². The number of methoxy groups -OCH3 is 1. The molecule has 0 saturated carbocycles. The standard InChI is InChI=1S/C16H25NO6/c1-6-12(15(21)23-16(2,3)4)17-13(19)10-7-9(18)8-11(10)14(20)22-5/h8-10,12,18H,6-7H2,1-5H3,(H,17,19)/t9?,10?,12-/m0/s1. The zero-order chi connectivity index (χ0) is 17.8. The average molecular weight is 327 g/mol. The van der Waals surface area contributed by atoms with Crippen molar-refractivity contribution in [3.8, 4) is 0 Å². The van der Waals surface area contributed by atoms with Crippen molar-refractivity contribution in [3.05, 3.63) is 11.6 Å². The molecule has 1 aliphatic carbocycles. The molecule has 0 saturated heterocycles. The Morgan fingerprint density at radius 2 is 2.00 bits per heavy atom. The maximum Gasteiger partial charge on any atom is 0.334 e. The molecule has 3 atom stereocenters. The number of hydrogen-bond acceptors (Lipinski definition) is 6. The van der Waals surface area contributed by atoms with Crippen LogP contribution in [0.3, 0.4) is 0 Å². The van der Waals surface area contributed by atoms with Crippen LogP contribution in [-0.2, 0) is 23.9 Å². The van der Waals surface area contributed by atoms with Crippen molar-refractivity contribution in [1.82, 2.24) is 5.32 Å². The molecule has 7 nitrogen and oxygen atoms in total. The van der Waals surface area contributed by atoms with E-state index in [0.29, 0.717) is 6.42 Å². The Morgan fingerprint density at radius 3 is 2.48 bits per heavy atom. The quantitative estimate of drug-likeness (QED) is 0.721. The minimum absolute atomic E-state index is 0.0843. The fourth-order valence-electron chi connectivity index (χ4n) is 2.31. The van der Waals surface area contributed by atoms with E-state index in [1.54, 1.807) is 27.7 Å². The van der Waals surface area contributed by atoms with Gasteiger partial charge >= 0.3 is 11.9 Å². The molecule has 0 spiro atoms. The van der Waals surface area contributed by atoms with Crippen LogP contribution in [0.15, 0.2) is 11.6 Å². The number of aliphatic hydroxyl groups excluding tert-OH is 1. The lowest BCUT2D eigenvalue weighted by atomic mass is 9.99. The maximum absolute atomic E-state index is 12.4. The predicted molar refractivity (Wildman–Crippen MR) is 82.3 cm³/mol. The largest absolute Gasteiger partial charge is 0.466 e. The van der Waals surface area contributed by atoms with E-state index >= 15 is 0 Å². The molecule has 2 unspecified atom stereocenters. The van der Waals surface area contributed by atoms with Gasteiger partial charge in [0, 0.05) is 5.57 Å². The number of nitrogens with one attached hydrogen (secondary N) is 1. The third-order valence-electron chi connectivity index (χ3n) is 3.38. The zero-order valence-electron chi connectivity index (χ0n) is 14.2. The molecule has 0 fully saturated rings. The molecular weight excluding hydrogens is 302 g/mol. The molecule has 0 bridgehead atoms. The third kappa shape index (κ3) is 5.35. The van der Waals surface area contributed by atoms with Gasteiger partial charge in [-0.3, -0.25) is 4.79 Å². The Morgan fingerprint density at radius 1 is 1.39 bits per heavy atom. The van der Waals surface area contributed by atoms with E-state index in [4.69, 9.17) is 4.74 Å². The van der Waals surface area contributed by atoms with E-state index in [2.05, 4.69) is 10.1 Å². The number of amides is 1. The van der Waals surface area contributed by atoms with Gasteiger partial charge in [-0.15, -0.1) is 0 Å². The van der Waals surface area contributed by atoms with Crippen LogP contribution in [-0.4, -0.2) is 47.8 Å². The summed E-state index contributed by atoms with van der Waals surface area (Å²) in [6, 6.07) is -0.807. The minimum Gasteiger partial charge on any atom is -0.466 e. The fraction of sp³-hybridized carbons (Fsp3) is 0.688. The zero-order valence-corrected chi connectivity index (χ0v) is 14.2. The van der Waals surface area contributed by atoms with E-state index in [1.165, 1.54) is 13.2 Å². The highest BCUT2D eigenvalue weighted by Crippen LogP contribution is 2.27. The van der Waals surface area contributed by atoms with Crippen molar-refractivity contribution in [2.75, 3.05) is 7.11 Å². The SMILES string of the molecule is CC[C@H](NC(=O)C1CC(O)C=C1C(=O)OC)C(=O)OC(C)(C)C. The van der Waals surface area contributed by atoms with Gasteiger partial charge in [-0.05, 0) is 39.7 Å². The van der Waals surface area contributed by atoms with Crippen molar-refractivity contribution in [2.24, 2.45) is 5.92 Å². The Hall–Kier alpha value is -1.89. The number of esters is 2. The number of ether oxygens (including phenoxy) is 2.